The number of carbonyl (C=O) groups is 3. The lowest BCUT2D eigenvalue weighted by Gasteiger charge is -2.41. The predicted octanol–water partition coefficient (Wildman–Crippen LogP) is 2.34. The average molecular weight is 454 g/mol. The molecule has 2 heterocycles. The van der Waals surface area contributed by atoms with Crippen molar-refractivity contribution in [3.63, 3.8) is 0 Å². The number of likely N-dealkylation sites (tertiary alicyclic amines) is 1. The zero-order valence-corrected chi connectivity index (χ0v) is 16.9. The summed E-state index contributed by atoms with van der Waals surface area (Å²) in [4.78, 5) is 38.1. The molecule has 3 amide bonds. The normalized spacial score (nSPS) is 17.6. The monoisotopic (exact) mass is 454 g/mol. The molecule has 0 radical (unpaired) electrons. The summed E-state index contributed by atoms with van der Waals surface area (Å²) >= 11 is 0. The van der Waals surface area contributed by atoms with Crippen molar-refractivity contribution in [2.75, 3.05) is 5.73 Å². The molecule has 0 bridgehead atoms. The first-order chi connectivity index (χ1) is 14.9. The maximum absolute atomic E-state index is 11.8. The Morgan fingerprint density at radius 1 is 1.22 bits per heavy atom. The molecule has 0 spiro atoms. The lowest BCUT2D eigenvalue weighted by molar-refractivity contribution is -0.274. The number of rotatable bonds is 5. The molecule has 2 aromatic rings. The van der Waals surface area contributed by atoms with Crippen LogP contribution in [-0.2, 0) is 22.4 Å². The molecule has 172 valence electrons. The van der Waals surface area contributed by atoms with Crippen LogP contribution in [0.5, 0.6) is 5.75 Å². The number of carboxylic acid groups (broad SMARTS) is 1. The molecule has 1 aromatic heterocycles. The molecule has 9 nitrogen and oxygen atoms in total. The standard InChI is InChI=1S/C11H12N4O4.C9H9F3O/c12-7-4-5(1-2-14-7)3-6-8(10(17)18)15(9(6)16)11(13)19;1-2-7-4-3-5-8(6-7)13-9(10,11)12/h1-2,4,6,8H,3H2,(H2,12,14)(H2,13,19)(H,17,18);3-6H,2H2,1H3/t6-,8?;/m1./s1. The molecule has 1 saturated heterocycles. The number of urea groups is 1. The Morgan fingerprint density at radius 3 is 2.44 bits per heavy atom. The van der Waals surface area contributed by atoms with E-state index >= 15 is 0 Å². The van der Waals surface area contributed by atoms with E-state index in [-0.39, 0.29) is 18.0 Å². The van der Waals surface area contributed by atoms with Crippen LogP contribution in [0.15, 0.2) is 42.6 Å². The van der Waals surface area contributed by atoms with Crippen molar-refractivity contribution in [2.45, 2.75) is 32.2 Å². The van der Waals surface area contributed by atoms with Crippen molar-refractivity contribution in [3.05, 3.63) is 53.7 Å². The predicted molar refractivity (Wildman–Crippen MR) is 106 cm³/mol. The molecule has 0 saturated carbocycles. The molecule has 5 N–H and O–H groups in total. The highest BCUT2D eigenvalue weighted by atomic mass is 19.4. The molecule has 1 fully saturated rings. The molecular formula is C20H21F3N4O5. The zero-order chi connectivity index (χ0) is 24.1. The average Bonchev–Trinajstić information content (AvgIpc) is 2.68. The summed E-state index contributed by atoms with van der Waals surface area (Å²) in [6, 6.07) is 6.88. The Balaban J connectivity index is 0.000000244. The smallest absolute Gasteiger partial charge is 0.480 e. The Kier molecular flexibility index (Phi) is 7.63. The van der Waals surface area contributed by atoms with Crippen LogP contribution in [0, 0.1) is 5.92 Å². The van der Waals surface area contributed by atoms with E-state index in [0.717, 1.165) is 5.56 Å². The van der Waals surface area contributed by atoms with E-state index in [1.165, 1.54) is 18.3 Å². The van der Waals surface area contributed by atoms with E-state index in [1.54, 1.807) is 24.3 Å². The number of ether oxygens (including phenoxy) is 1. The van der Waals surface area contributed by atoms with Crippen LogP contribution in [0.4, 0.5) is 23.8 Å². The van der Waals surface area contributed by atoms with Crippen molar-refractivity contribution in [2.24, 2.45) is 11.7 Å². The van der Waals surface area contributed by atoms with Gasteiger partial charge in [0.25, 0.3) is 0 Å². The number of hydrogen-bond acceptors (Lipinski definition) is 6. The minimum absolute atomic E-state index is 0.160. The van der Waals surface area contributed by atoms with Gasteiger partial charge >= 0.3 is 18.4 Å². The molecule has 2 atom stereocenters. The number of aromatic nitrogens is 1. The van der Waals surface area contributed by atoms with Gasteiger partial charge < -0.3 is 21.3 Å². The highest BCUT2D eigenvalue weighted by Gasteiger charge is 2.54. The van der Waals surface area contributed by atoms with Gasteiger partial charge in [0, 0.05) is 6.20 Å². The maximum Gasteiger partial charge on any atom is 0.573 e. The van der Waals surface area contributed by atoms with E-state index in [9.17, 15) is 27.6 Å². The molecule has 0 aliphatic carbocycles. The van der Waals surface area contributed by atoms with Crippen LogP contribution < -0.4 is 16.2 Å². The van der Waals surface area contributed by atoms with Gasteiger partial charge in [-0.15, -0.1) is 13.2 Å². The number of β-lactam (4-membered cyclic amide) rings is 1. The lowest BCUT2D eigenvalue weighted by atomic mass is 9.83. The number of carboxylic acids is 1. The van der Waals surface area contributed by atoms with Crippen molar-refractivity contribution in [1.82, 2.24) is 9.88 Å². The number of hydrogen-bond donors (Lipinski definition) is 3. The van der Waals surface area contributed by atoms with Gasteiger partial charge in [-0.1, -0.05) is 19.1 Å². The molecule has 1 aliphatic heterocycles. The second-order valence-corrected chi connectivity index (χ2v) is 6.78. The van der Waals surface area contributed by atoms with Crippen LogP contribution in [0.25, 0.3) is 0 Å². The zero-order valence-electron chi connectivity index (χ0n) is 16.9. The molecule has 12 heteroatoms. The number of amides is 3. The fraction of sp³-hybridized carbons (Fsp3) is 0.300. The van der Waals surface area contributed by atoms with Gasteiger partial charge in [-0.25, -0.2) is 19.5 Å². The summed E-state index contributed by atoms with van der Waals surface area (Å²) in [5, 5.41) is 9.03. The van der Waals surface area contributed by atoms with Gasteiger partial charge in [0.2, 0.25) is 5.91 Å². The van der Waals surface area contributed by atoms with Gasteiger partial charge in [0.1, 0.15) is 11.6 Å². The largest absolute Gasteiger partial charge is 0.573 e. The maximum atomic E-state index is 11.8. The van der Waals surface area contributed by atoms with Gasteiger partial charge in [0.05, 0.1) is 5.92 Å². The Bertz CT molecular complexity index is 999. The number of nitrogens with two attached hydrogens (primary N) is 2. The fourth-order valence-corrected chi connectivity index (χ4v) is 3.11. The number of halogens is 3. The SMILES string of the molecule is CCc1cccc(OC(F)(F)F)c1.NC(=O)N1C(=O)[C@H](Cc2ccnc(N)c2)C1C(=O)O. The fourth-order valence-electron chi connectivity index (χ4n) is 3.11. The van der Waals surface area contributed by atoms with Gasteiger partial charge in [-0.2, -0.15) is 0 Å². The Morgan fingerprint density at radius 2 is 1.91 bits per heavy atom. The van der Waals surface area contributed by atoms with Crippen molar-refractivity contribution in [1.29, 1.82) is 0 Å². The topological polar surface area (TPSA) is 149 Å². The third kappa shape index (κ3) is 6.33. The summed E-state index contributed by atoms with van der Waals surface area (Å²) in [5.41, 5.74) is 12.0. The summed E-state index contributed by atoms with van der Waals surface area (Å²) in [6.45, 7) is 1.87. The van der Waals surface area contributed by atoms with E-state index in [4.69, 9.17) is 16.6 Å². The number of anilines is 1. The number of nitrogen functional groups attached to an aromatic ring is 1. The van der Waals surface area contributed by atoms with E-state index in [0.29, 0.717) is 16.9 Å². The number of primary amides is 1. The van der Waals surface area contributed by atoms with Gasteiger partial charge in [-0.3, -0.25) is 4.79 Å². The highest BCUT2D eigenvalue weighted by Crippen LogP contribution is 2.30. The minimum atomic E-state index is -4.60. The van der Waals surface area contributed by atoms with Crippen LogP contribution in [0.3, 0.4) is 0 Å². The minimum Gasteiger partial charge on any atom is -0.480 e. The number of aryl methyl sites for hydroxylation is 1. The molecule has 1 aliphatic rings. The lowest BCUT2D eigenvalue weighted by Crippen LogP contribution is -2.68. The van der Waals surface area contributed by atoms with Gasteiger partial charge in [0.15, 0.2) is 6.04 Å². The first-order valence-electron chi connectivity index (χ1n) is 9.33. The number of carbonyl (C=O) groups excluding carboxylic acids is 2. The van der Waals surface area contributed by atoms with Crippen LogP contribution in [0.1, 0.15) is 18.1 Å². The highest BCUT2D eigenvalue weighted by molar-refractivity contribution is 6.07. The Hall–Kier alpha value is -3.83. The number of nitrogens with zero attached hydrogens (tertiary/aromatic N) is 2. The van der Waals surface area contributed by atoms with Crippen molar-refractivity contribution in [3.8, 4) is 5.75 Å². The molecule has 32 heavy (non-hydrogen) atoms. The molecule has 1 unspecified atom stereocenters. The summed E-state index contributed by atoms with van der Waals surface area (Å²) in [6.07, 6.45) is -2.27. The molecule has 3 rings (SSSR count). The van der Waals surface area contributed by atoms with E-state index in [2.05, 4.69) is 9.72 Å². The molecular weight excluding hydrogens is 433 g/mol. The number of alkyl halides is 3. The quantitative estimate of drug-likeness (QED) is 0.587. The van der Waals surface area contributed by atoms with E-state index < -0.39 is 36.2 Å². The second-order valence-electron chi connectivity index (χ2n) is 6.78. The number of aliphatic carboxylic acids is 1. The van der Waals surface area contributed by atoms with Crippen LogP contribution in [0.2, 0.25) is 0 Å². The number of pyridine rings is 1. The number of benzene rings is 1. The van der Waals surface area contributed by atoms with E-state index in [1.807, 2.05) is 6.92 Å². The number of imide groups is 1. The van der Waals surface area contributed by atoms with Crippen molar-refractivity contribution < 1.29 is 37.4 Å². The summed E-state index contributed by atoms with van der Waals surface area (Å²) in [5.74, 6) is -2.54. The third-order valence-electron chi connectivity index (χ3n) is 4.55. The summed E-state index contributed by atoms with van der Waals surface area (Å²) < 4.78 is 39.0. The van der Waals surface area contributed by atoms with Crippen molar-refractivity contribution >= 4 is 23.7 Å². The van der Waals surface area contributed by atoms with Crippen LogP contribution in [-0.4, -0.2) is 45.3 Å². The molecule has 1 aromatic carbocycles. The second kappa shape index (κ2) is 9.98. The first kappa shape index (κ1) is 24.4. The van der Waals surface area contributed by atoms with Crippen LogP contribution >= 0.6 is 0 Å². The Labute approximate surface area is 180 Å². The van der Waals surface area contributed by atoms with Gasteiger partial charge in [-0.05, 0) is 48.2 Å². The third-order valence-corrected chi connectivity index (χ3v) is 4.55. The first-order valence-corrected chi connectivity index (χ1v) is 9.33. The summed E-state index contributed by atoms with van der Waals surface area (Å²) in [7, 11) is 0.